The number of carbonyl (C=O) groups excluding carboxylic acids is 1. The van der Waals surface area contributed by atoms with E-state index < -0.39 is 17.8 Å². The van der Waals surface area contributed by atoms with Crippen molar-refractivity contribution >= 4 is 18.3 Å². The Kier molecular flexibility index (Phi) is 8.78. The van der Waals surface area contributed by atoms with Crippen molar-refractivity contribution in [2.45, 2.75) is 38.5 Å². The lowest BCUT2D eigenvalue weighted by atomic mass is 9.98. The number of nitrogens with two attached hydrogens (primary N) is 1. The van der Waals surface area contributed by atoms with E-state index in [0.717, 1.165) is 28.4 Å². The summed E-state index contributed by atoms with van der Waals surface area (Å²) in [6.45, 7) is 6.51. The van der Waals surface area contributed by atoms with Gasteiger partial charge in [0.2, 0.25) is 0 Å². The van der Waals surface area contributed by atoms with E-state index in [9.17, 15) is 18.0 Å². The zero-order valence-electron chi connectivity index (χ0n) is 21.6. The lowest BCUT2D eigenvalue weighted by molar-refractivity contribution is -0.141. The Morgan fingerprint density at radius 1 is 1.23 bits per heavy atom. The van der Waals surface area contributed by atoms with Gasteiger partial charge in [-0.25, -0.2) is 4.68 Å². The van der Waals surface area contributed by atoms with Crippen molar-refractivity contribution in [3.05, 3.63) is 101 Å². The first-order valence-corrected chi connectivity index (χ1v) is 12.6. The maximum absolute atomic E-state index is 13.6. The van der Waals surface area contributed by atoms with Gasteiger partial charge in [0.05, 0.1) is 11.7 Å². The van der Waals surface area contributed by atoms with Crippen LogP contribution in [0, 0.1) is 5.92 Å². The fourth-order valence-corrected chi connectivity index (χ4v) is 4.23. The molecule has 1 fully saturated rings. The fraction of sp³-hybridized carbons (Fsp3) is 0.276. The first kappa shape index (κ1) is 28.0. The molecule has 4 N–H and O–H groups in total. The minimum absolute atomic E-state index is 0.191. The van der Waals surface area contributed by atoms with Gasteiger partial charge in [-0.1, -0.05) is 36.4 Å². The summed E-state index contributed by atoms with van der Waals surface area (Å²) >= 11 is 0. The molecule has 1 atom stereocenters. The second kappa shape index (κ2) is 12.2. The summed E-state index contributed by atoms with van der Waals surface area (Å²) in [5.74, 6) is -0.104. The molecule has 10 heteroatoms. The highest BCUT2D eigenvalue weighted by Crippen LogP contribution is 2.32. The number of aliphatic imine (C=N–C) groups is 1. The second-order valence-corrected chi connectivity index (χ2v) is 9.37. The van der Waals surface area contributed by atoms with Crippen LogP contribution in [0.4, 0.5) is 18.9 Å². The second-order valence-electron chi connectivity index (χ2n) is 9.37. The normalized spacial score (nSPS) is 14.9. The molecule has 1 saturated carbocycles. The van der Waals surface area contributed by atoms with Gasteiger partial charge in [-0.15, -0.1) is 0 Å². The van der Waals surface area contributed by atoms with Crippen LogP contribution in [0.25, 0.3) is 5.69 Å². The summed E-state index contributed by atoms with van der Waals surface area (Å²) in [7, 11) is 0. The van der Waals surface area contributed by atoms with E-state index in [1.807, 2.05) is 25.1 Å². The molecule has 0 radical (unpaired) electrons. The highest BCUT2D eigenvalue weighted by molar-refractivity contribution is 6.03. The number of allylic oxidation sites excluding steroid dienone is 1. The molecule has 2 aromatic carbocycles. The minimum atomic E-state index is -4.72. The van der Waals surface area contributed by atoms with Crippen LogP contribution in [0.3, 0.4) is 0 Å². The molecular formula is C29H31F3N6O. The SMILES string of the molecule is C=N/C=C(\C=C/C)C(NCC1CC1)c1cccc(NC(=O)c2cc(C(F)(F)F)nn2-c2cccc(CN)c2)c1. The van der Waals surface area contributed by atoms with Crippen molar-refractivity contribution in [3.63, 3.8) is 0 Å². The van der Waals surface area contributed by atoms with Gasteiger partial charge in [-0.05, 0) is 79.9 Å². The molecule has 7 nitrogen and oxygen atoms in total. The first-order chi connectivity index (χ1) is 18.7. The molecule has 0 bridgehead atoms. The van der Waals surface area contributed by atoms with Gasteiger partial charge >= 0.3 is 6.18 Å². The molecule has 4 rings (SSSR count). The van der Waals surface area contributed by atoms with Crippen LogP contribution in [-0.2, 0) is 12.7 Å². The highest BCUT2D eigenvalue weighted by atomic mass is 19.4. The topological polar surface area (TPSA) is 97.3 Å². The summed E-state index contributed by atoms with van der Waals surface area (Å²) in [5.41, 5.74) is 7.46. The van der Waals surface area contributed by atoms with E-state index in [0.29, 0.717) is 22.9 Å². The minimum Gasteiger partial charge on any atom is -0.326 e. The Morgan fingerprint density at radius 2 is 2.00 bits per heavy atom. The van der Waals surface area contributed by atoms with Crippen molar-refractivity contribution in [1.29, 1.82) is 0 Å². The fourth-order valence-electron chi connectivity index (χ4n) is 4.23. The first-order valence-electron chi connectivity index (χ1n) is 12.6. The molecule has 1 unspecified atom stereocenters. The van der Waals surface area contributed by atoms with Crippen molar-refractivity contribution in [1.82, 2.24) is 15.1 Å². The number of nitrogens with zero attached hydrogens (tertiary/aromatic N) is 3. The molecule has 1 aliphatic rings. The van der Waals surface area contributed by atoms with E-state index in [4.69, 9.17) is 5.73 Å². The van der Waals surface area contributed by atoms with Gasteiger partial charge in [0.25, 0.3) is 5.91 Å². The third-order valence-corrected chi connectivity index (χ3v) is 6.34. The van der Waals surface area contributed by atoms with Crippen molar-refractivity contribution in [2.24, 2.45) is 16.6 Å². The molecule has 204 valence electrons. The number of alkyl halides is 3. The van der Waals surface area contributed by atoms with Gasteiger partial charge in [0.1, 0.15) is 5.69 Å². The zero-order valence-corrected chi connectivity index (χ0v) is 21.6. The third-order valence-electron chi connectivity index (χ3n) is 6.34. The molecule has 0 saturated heterocycles. The van der Waals surface area contributed by atoms with Crippen LogP contribution in [0.2, 0.25) is 0 Å². The average molecular weight is 537 g/mol. The van der Waals surface area contributed by atoms with E-state index in [2.05, 4.69) is 27.4 Å². The average Bonchev–Trinajstić information content (AvgIpc) is 3.62. The third kappa shape index (κ3) is 7.10. The zero-order chi connectivity index (χ0) is 28.0. The standard InChI is InChI=1S/C29H31F3N6O/c1-3-6-22(18-34-2)27(35-17-19-11-12-19)21-8-5-9-23(14-21)36-28(39)25-15-26(29(30,31)32)37-38(25)24-10-4-7-20(13-24)16-33/h3-10,13-15,18-19,27,35H,2,11-12,16-17,33H2,1H3,(H,36,39)/b6-3-,22-18+. The number of hydrogen-bond donors (Lipinski definition) is 3. The van der Waals surface area contributed by atoms with Crippen molar-refractivity contribution in [3.8, 4) is 5.69 Å². The quantitative estimate of drug-likeness (QED) is 0.213. The highest BCUT2D eigenvalue weighted by Gasteiger charge is 2.36. The molecule has 1 aliphatic carbocycles. The molecule has 1 amide bonds. The number of amides is 1. The summed E-state index contributed by atoms with van der Waals surface area (Å²) in [6.07, 6.45) is 3.17. The van der Waals surface area contributed by atoms with Crippen LogP contribution in [0.15, 0.2) is 83.5 Å². The number of anilines is 1. The largest absolute Gasteiger partial charge is 0.435 e. The molecule has 0 spiro atoms. The summed E-state index contributed by atoms with van der Waals surface area (Å²) < 4.78 is 41.6. The van der Waals surface area contributed by atoms with Gasteiger partial charge in [-0.2, -0.15) is 18.3 Å². The lowest BCUT2D eigenvalue weighted by Gasteiger charge is -2.21. The van der Waals surface area contributed by atoms with Gasteiger partial charge in [-0.3, -0.25) is 9.79 Å². The number of carbonyl (C=O) groups is 1. The molecule has 39 heavy (non-hydrogen) atoms. The van der Waals surface area contributed by atoms with E-state index in [1.54, 1.807) is 48.7 Å². The maximum atomic E-state index is 13.6. The number of halogens is 3. The van der Waals surface area contributed by atoms with Crippen LogP contribution >= 0.6 is 0 Å². The van der Waals surface area contributed by atoms with Crippen molar-refractivity contribution in [2.75, 3.05) is 11.9 Å². The monoisotopic (exact) mass is 536 g/mol. The molecule has 1 aromatic heterocycles. The molecule has 0 aliphatic heterocycles. The Hall–Kier alpha value is -4.02. The van der Waals surface area contributed by atoms with Gasteiger partial charge in [0.15, 0.2) is 5.69 Å². The summed E-state index contributed by atoms with van der Waals surface area (Å²) in [4.78, 5) is 17.3. The number of rotatable bonds is 11. The van der Waals surface area contributed by atoms with Gasteiger partial charge in [0, 0.05) is 24.5 Å². The van der Waals surface area contributed by atoms with Crippen LogP contribution in [0.5, 0.6) is 0 Å². The predicted molar refractivity (Wildman–Crippen MR) is 147 cm³/mol. The number of hydrogen-bond acceptors (Lipinski definition) is 5. The number of benzene rings is 2. The molecule has 3 aromatic rings. The van der Waals surface area contributed by atoms with Crippen molar-refractivity contribution < 1.29 is 18.0 Å². The smallest absolute Gasteiger partial charge is 0.326 e. The van der Waals surface area contributed by atoms with E-state index >= 15 is 0 Å². The Balaban J connectivity index is 1.66. The summed E-state index contributed by atoms with van der Waals surface area (Å²) in [6, 6.07) is 14.3. The Bertz CT molecular complexity index is 1390. The number of nitrogens with one attached hydrogen (secondary N) is 2. The van der Waals surface area contributed by atoms with Crippen LogP contribution < -0.4 is 16.4 Å². The van der Waals surface area contributed by atoms with Gasteiger partial charge < -0.3 is 16.4 Å². The summed E-state index contributed by atoms with van der Waals surface area (Å²) in [5, 5.41) is 10.0. The molecular weight excluding hydrogens is 505 g/mol. The Morgan fingerprint density at radius 3 is 2.67 bits per heavy atom. The predicted octanol–water partition coefficient (Wildman–Crippen LogP) is 5.80. The maximum Gasteiger partial charge on any atom is 0.435 e. The number of aromatic nitrogens is 2. The van der Waals surface area contributed by atoms with Crippen LogP contribution in [0.1, 0.15) is 53.1 Å². The molecule has 1 heterocycles. The van der Waals surface area contributed by atoms with Crippen LogP contribution in [-0.4, -0.2) is 28.9 Å². The van der Waals surface area contributed by atoms with E-state index in [1.165, 1.54) is 12.8 Å². The van der Waals surface area contributed by atoms with E-state index in [-0.39, 0.29) is 18.3 Å². The Labute approximate surface area is 225 Å². The lowest BCUT2D eigenvalue weighted by Crippen LogP contribution is -2.25.